The monoisotopic (exact) mass is 677 g/mol. The van der Waals surface area contributed by atoms with Crippen LogP contribution in [0.4, 0.5) is 4.79 Å². The summed E-state index contributed by atoms with van der Waals surface area (Å²) in [7, 11) is 0. The van der Waals surface area contributed by atoms with Gasteiger partial charge in [0.1, 0.15) is 5.78 Å². The van der Waals surface area contributed by atoms with Gasteiger partial charge >= 0.3 is 6.03 Å². The molecule has 5 N–H and O–H groups in total. The molecule has 9 heteroatoms. The minimum absolute atomic E-state index is 0.0244. The van der Waals surface area contributed by atoms with Crippen LogP contribution in [-0.4, -0.2) is 59.1 Å². The first-order chi connectivity index (χ1) is 23.1. The van der Waals surface area contributed by atoms with Crippen LogP contribution < -0.4 is 21.7 Å². The molecular formula is C40H63N5O4. The lowest BCUT2D eigenvalue weighted by molar-refractivity contribution is -0.137. The first kappa shape index (κ1) is 39.8. The van der Waals surface area contributed by atoms with Crippen molar-refractivity contribution in [2.24, 2.45) is 34.8 Å². The number of urea groups is 1. The number of fused-ring (bicyclic) bond motifs is 1. The van der Waals surface area contributed by atoms with Gasteiger partial charge in [-0.25, -0.2) is 4.79 Å². The van der Waals surface area contributed by atoms with Crippen molar-refractivity contribution in [1.29, 1.82) is 0 Å². The van der Waals surface area contributed by atoms with E-state index in [9.17, 15) is 19.2 Å². The summed E-state index contributed by atoms with van der Waals surface area (Å²) in [6.07, 6.45) is 10.9. The van der Waals surface area contributed by atoms with E-state index in [1.54, 1.807) is 0 Å². The molecule has 1 saturated heterocycles. The molecule has 0 bridgehead atoms. The Morgan fingerprint density at radius 1 is 0.959 bits per heavy atom. The Labute approximate surface area is 295 Å². The van der Waals surface area contributed by atoms with Crippen LogP contribution in [0.3, 0.4) is 0 Å². The first-order valence-corrected chi connectivity index (χ1v) is 18.4. The van der Waals surface area contributed by atoms with Crippen LogP contribution >= 0.6 is 0 Å². The summed E-state index contributed by atoms with van der Waals surface area (Å²) in [5.41, 5.74) is 8.92. The lowest BCUT2D eigenvalue weighted by atomic mass is 9.83. The highest BCUT2D eigenvalue weighted by atomic mass is 16.2. The topological polar surface area (TPSA) is 134 Å². The first-order valence-electron chi connectivity index (χ1n) is 18.4. The number of carbonyl (C=O) groups excluding carboxylic acids is 4. The average Bonchev–Trinajstić information content (AvgIpc) is 3.51. The summed E-state index contributed by atoms with van der Waals surface area (Å²) in [5.74, 6) is -0.284. The number of hydrogen-bond acceptors (Lipinski definition) is 6. The van der Waals surface area contributed by atoms with Crippen molar-refractivity contribution in [3.8, 4) is 0 Å². The number of likely N-dealkylation sites (tertiary alicyclic amines) is 1. The van der Waals surface area contributed by atoms with Crippen molar-refractivity contribution in [3.05, 3.63) is 61.0 Å². The van der Waals surface area contributed by atoms with Crippen LogP contribution in [0, 0.1) is 29.1 Å². The molecule has 3 rings (SSSR count). The van der Waals surface area contributed by atoms with E-state index in [-0.39, 0.29) is 41.1 Å². The van der Waals surface area contributed by atoms with E-state index in [1.807, 2.05) is 19.1 Å². The number of ketones is 2. The third kappa shape index (κ3) is 10.2. The van der Waals surface area contributed by atoms with Crippen LogP contribution in [-0.2, 0) is 14.4 Å². The summed E-state index contributed by atoms with van der Waals surface area (Å²) in [5, 5.41) is 9.86. The molecule has 0 aromatic carbocycles. The zero-order valence-electron chi connectivity index (χ0n) is 31.0. The third-order valence-corrected chi connectivity index (χ3v) is 11.1. The van der Waals surface area contributed by atoms with Gasteiger partial charge in [0, 0.05) is 36.8 Å². The van der Waals surface area contributed by atoms with E-state index in [1.165, 1.54) is 0 Å². The number of nitrogens with two attached hydrogens (primary N) is 1. The van der Waals surface area contributed by atoms with Gasteiger partial charge in [-0.1, -0.05) is 92.9 Å². The highest BCUT2D eigenvalue weighted by molar-refractivity contribution is 6.37. The Morgan fingerprint density at radius 2 is 1.57 bits per heavy atom. The second kappa shape index (κ2) is 17.3. The van der Waals surface area contributed by atoms with Crippen LogP contribution in [0.2, 0.25) is 0 Å². The quantitative estimate of drug-likeness (QED) is 0.103. The molecule has 0 aromatic rings. The zero-order chi connectivity index (χ0) is 36.6. The fourth-order valence-electron chi connectivity index (χ4n) is 7.86. The standard InChI is InChI=1S/C40H63N5O4/c1-11-16-31(46)17-18-34(40(8,9)10)43-39(49)44-35(29-20-27(14-4)28(15-5)21-29)25(7)45-23-30-22-32(30)36(45)24(6)42-33(37(47)38(41)48)19-26(12-2)13-3/h14-15,26,29-30,32-36,42H,4-7,11-13,16-23H2,1-3,8-10H3,(H2,41,48)(H2,43,44,49)/t30-,32-,33?,34?,35?,36?/m0/s1. The largest absolute Gasteiger partial charge is 0.377 e. The van der Waals surface area contributed by atoms with Gasteiger partial charge in [-0.3, -0.25) is 14.4 Å². The number of nitrogens with zero attached hydrogens (tertiary/aromatic N) is 1. The van der Waals surface area contributed by atoms with Gasteiger partial charge in [-0.15, -0.1) is 0 Å². The molecule has 9 nitrogen and oxygen atoms in total. The van der Waals surface area contributed by atoms with Gasteiger partial charge in [-0.2, -0.15) is 0 Å². The fraction of sp³-hybridized carbons (Fsp3) is 0.650. The van der Waals surface area contributed by atoms with Gasteiger partial charge in [0.05, 0.1) is 18.1 Å². The number of amides is 3. The number of carbonyl (C=O) groups is 4. The number of Topliss-reactive ketones (excluding diaryl/α,β-unsaturated/α-hetero) is 2. The van der Waals surface area contributed by atoms with E-state index in [2.05, 4.69) is 81.8 Å². The SMILES string of the molecule is C=CC1=C(C=C)CC(C(NC(=O)NC(CCC(=O)CCC)C(C)(C)C)C(=C)N2C[C@@H]3C[C@@H]3C2C(=C)NC(CC(CC)CC)C(=O)C(N)=O)C1. The van der Waals surface area contributed by atoms with Crippen LogP contribution in [0.5, 0.6) is 0 Å². The summed E-state index contributed by atoms with van der Waals surface area (Å²) in [6.45, 7) is 30.2. The number of primary amides is 1. The van der Waals surface area contributed by atoms with E-state index in [4.69, 9.17) is 5.73 Å². The van der Waals surface area contributed by atoms with E-state index < -0.39 is 23.8 Å². The minimum atomic E-state index is -0.948. The molecule has 2 fully saturated rings. The summed E-state index contributed by atoms with van der Waals surface area (Å²) >= 11 is 0. The predicted octanol–water partition coefficient (Wildman–Crippen LogP) is 6.48. The number of nitrogens with one attached hydrogen (secondary N) is 3. The maximum Gasteiger partial charge on any atom is 0.315 e. The lowest BCUT2D eigenvalue weighted by Gasteiger charge is -2.40. The smallest absolute Gasteiger partial charge is 0.315 e. The van der Waals surface area contributed by atoms with Crippen LogP contribution in [0.25, 0.3) is 0 Å². The molecule has 0 radical (unpaired) electrons. The Balaban J connectivity index is 1.87. The summed E-state index contributed by atoms with van der Waals surface area (Å²) in [6, 6.07) is -1.80. The normalized spacial score (nSPS) is 22.2. The molecule has 272 valence electrons. The van der Waals surface area contributed by atoms with E-state index in [0.717, 1.165) is 61.9 Å². The van der Waals surface area contributed by atoms with Crippen molar-refractivity contribution < 1.29 is 19.2 Å². The highest BCUT2D eigenvalue weighted by Gasteiger charge is 2.55. The molecule has 0 aromatic heterocycles. The predicted molar refractivity (Wildman–Crippen MR) is 198 cm³/mol. The lowest BCUT2D eigenvalue weighted by Crippen LogP contribution is -2.55. The molecule has 1 aliphatic heterocycles. The maximum atomic E-state index is 13.9. The highest BCUT2D eigenvalue weighted by Crippen LogP contribution is 2.53. The molecule has 0 spiro atoms. The number of rotatable bonds is 21. The number of allylic oxidation sites excluding steroid dienone is 4. The van der Waals surface area contributed by atoms with E-state index in [0.29, 0.717) is 43.2 Å². The fourth-order valence-corrected chi connectivity index (χ4v) is 7.86. The molecule has 1 saturated carbocycles. The van der Waals surface area contributed by atoms with Crippen molar-refractivity contribution in [2.75, 3.05) is 6.54 Å². The number of hydrogen-bond donors (Lipinski definition) is 4. The van der Waals surface area contributed by atoms with Gasteiger partial charge in [-0.05, 0) is 78.8 Å². The molecule has 1 heterocycles. The Morgan fingerprint density at radius 3 is 2.08 bits per heavy atom. The second-order valence-corrected chi connectivity index (χ2v) is 15.6. The maximum absolute atomic E-state index is 13.9. The molecule has 2 aliphatic carbocycles. The Hall–Kier alpha value is -3.62. The zero-order valence-corrected chi connectivity index (χ0v) is 31.0. The van der Waals surface area contributed by atoms with Crippen molar-refractivity contribution in [3.63, 3.8) is 0 Å². The molecular weight excluding hydrogens is 614 g/mol. The summed E-state index contributed by atoms with van der Waals surface area (Å²) in [4.78, 5) is 53.5. The van der Waals surface area contributed by atoms with Crippen molar-refractivity contribution in [1.82, 2.24) is 20.9 Å². The average molecular weight is 678 g/mol. The summed E-state index contributed by atoms with van der Waals surface area (Å²) < 4.78 is 0. The molecule has 49 heavy (non-hydrogen) atoms. The third-order valence-electron chi connectivity index (χ3n) is 11.1. The van der Waals surface area contributed by atoms with Crippen molar-refractivity contribution in [2.45, 2.75) is 130 Å². The second-order valence-electron chi connectivity index (χ2n) is 15.6. The van der Waals surface area contributed by atoms with E-state index >= 15 is 0 Å². The van der Waals surface area contributed by atoms with Crippen molar-refractivity contribution >= 4 is 23.5 Å². The molecule has 3 aliphatic rings. The van der Waals surface area contributed by atoms with Crippen LogP contribution in [0.15, 0.2) is 61.0 Å². The van der Waals surface area contributed by atoms with Gasteiger partial charge in [0.2, 0.25) is 5.78 Å². The Bertz CT molecular complexity index is 1300. The van der Waals surface area contributed by atoms with Gasteiger partial charge in [0.25, 0.3) is 5.91 Å². The Kier molecular flexibility index (Phi) is 14.1. The molecule has 3 amide bonds. The van der Waals surface area contributed by atoms with Gasteiger partial charge < -0.3 is 26.6 Å². The molecule has 6 atom stereocenters. The van der Waals surface area contributed by atoms with Crippen LogP contribution in [0.1, 0.15) is 106 Å². The van der Waals surface area contributed by atoms with Gasteiger partial charge in [0.15, 0.2) is 0 Å². The molecule has 4 unspecified atom stereocenters. The number of piperidine rings is 1. The minimum Gasteiger partial charge on any atom is -0.377 e.